The fraction of sp³-hybridized carbons (Fsp3) is 0.944. The van der Waals surface area contributed by atoms with Crippen LogP contribution in [0.5, 0.6) is 0 Å². The van der Waals surface area contributed by atoms with Gasteiger partial charge >= 0.3 is 0 Å². The first kappa shape index (κ1) is 20.2. The summed E-state index contributed by atoms with van der Waals surface area (Å²) in [6, 6.07) is 0. The molecule has 0 saturated carbocycles. The van der Waals surface area contributed by atoms with Crippen molar-refractivity contribution in [3.8, 4) is 0 Å². The van der Waals surface area contributed by atoms with Gasteiger partial charge in [-0.05, 0) is 30.8 Å². The number of rotatable bonds is 7. The second kappa shape index (κ2) is 9.48. The topological polar surface area (TPSA) is 40.1 Å². The van der Waals surface area contributed by atoms with Gasteiger partial charge in [-0.3, -0.25) is 4.99 Å². The first-order valence-corrected chi connectivity index (χ1v) is 9.06. The average Bonchev–Trinajstić information content (AvgIpc) is 2.96. The Labute approximate surface area is 143 Å². The lowest BCUT2D eigenvalue weighted by atomic mass is 9.89. The molecule has 5 heteroatoms. The van der Waals surface area contributed by atoms with Crippen molar-refractivity contribution in [3.63, 3.8) is 0 Å². The standard InChI is InChI=1S/C18H38N4O/c1-8-21(9-2)13-15-10-11-22(14-15)17(19-6)20-12-16(23-7)18(3,4)5/h15-16H,8-14H2,1-7H3,(H,19,20). The van der Waals surface area contributed by atoms with Gasteiger partial charge in [0.05, 0.1) is 6.10 Å². The predicted octanol–water partition coefficient (Wildman–Crippen LogP) is 2.29. The molecule has 0 radical (unpaired) electrons. The van der Waals surface area contributed by atoms with Crippen LogP contribution >= 0.6 is 0 Å². The van der Waals surface area contributed by atoms with E-state index in [0.717, 1.165) is 44.6 Å². The van der Waals surface area contributed by atoms with Gasteiger partial charge in [0.1, 0.15) is 0 Å². The Balaban J connectivity index is 2.50. The molecule has 2 unspecified atom stereocenters. The summed E-state index contributed by atoms with van der Waals surface area (Å²) in [6.45, 7) is 17.6. The van der Waals surface area contributed by atoms with Gasteiger partial charge in [0.2, 0.25) is 0 Å². The van der Waals surface area contributed by atoms with Crippen LogP contribution in [0.2, 0.25) is 0 Å². The Morgan fingerprint density at radius 3 is 2.48 bits per heavy atom. The zero-order chi connectivity index (χ0) is 17.5. The lowest BCUT2D eigenvalue weighted by Gasteiger charge is -2.31. The van der Waals surface area contributed by atoms with E-state index in [4.69, 9.17) is 4.74 Å². The third-order valence-electron chi connectivity index (χ3n) is 4.90. The summed E-state index contributed by atoms with van der Waals surface area (Å²) in [5.74, 6) is 1.76. The molecule has 23 heavy (non-hydrogen) atoms. The minimum Gasteiger partial charge on any atom is -0.379 e. The van der Waals surface area contributed by atoms with Crippen LogP contribution < -0.4 is 5.32 Å². The van der Waals surface area contributed by atoms with Crippen LogP contribution in [0, 0.1) is 11.3 Å². The summed E-state index contributed by atoms with van der Waals surface area (Å²) < 4.78 is 5.63. The number of aliphatic imine (C=N–C) groups is 1. The summed E-state index contributed by atoms with van der Waals surface area (Å²) in [5, 5.41) is 3.51. The van der Waals surface area contributed by atoms with Crippen LogP contribution in [0.1, 0.15) is 41.0 Å². The Bertz CT molecular complexity index is 361. The van der Waals surface area contributed by atoms with Crippen LogP contribution in [0.25, 0.3) is 0 Å². The average molecular weight is 327 g/mol. The van der Waals surface area contributed by atoms with Crippen molar-refractivity contribution in [2.45, 2.75) is 47.1 Å². The van der Waals surface area contributed by atoms with Crippen molar-refractivity contribution in [1.29, 1.82) is 0 Å². The molecule has 5 nitrogen and oxygen atoms in total. The molecule has 1 N–H and O–H groups in total. The van der Waals surface area contributed by atoms with Gasteiger partial charge in [-0.2, -0.15) is 0 Å². The lowest BCUT2D eigenvalue weighted by molar-refractivity contribution is 0.0202. The van der Waals surface area contributed by atoms with Gasteiger partial charge in [0, 0.05) is 40.3 Å². The highest BCUT2D eigenvalue weighted by atomic mass is 16.5. The molecule has 0 aromatic rings. The number of nitrogens with one attached hydrogen (secondary N) is 1. The van der Waals surface area contributed by atoms with Gasteiger partial charge in [-0.15, -0.1) is 0 Å². The fourth-order valence-electron chi connectivity index (χ4n) is 3.28. The van der Waals surface area contributed by atoms with Gasteiger partial charge in [0.25, 0.3) is 0 Å². The van der Waals surface area contributed by atoms with Crippen molar-refractivity contribution in [3.05, 3.63) is 0 Å². The van der Waals surface area contributed by atoms with Crippen molar-refractivity contribution in [2.75, 3.05) is 53.4 Å². The second-order valence-corrected chi connectivity index (χ2v) is 7.61. The Hall–Kier alpha value is -0.810. The van der Waals surface area contributed by atoms with Crippen molar-refractivity contribution >= 4 is 5.96 Å². The highest BCUT2D eigenvalue weighted by Gasteiger charge is 2.28. The summed E-state index contributed by atoms with van der Waals surface area (Å²) in [5.41, 5.74) is 0.122. The first-order valence-electron chi connectivity index (χ1n) is 9.06. The number of likely N-dealkylation sites (tertiary alicyclic amines) is 1. The van der Waals surface area contributed by atoms with Crippen LogP contribution in [-0.4, -0.2) is 75.3 Å². The smallest absolute Gasteiger partial charge is 0.193 e. The van der Waals surface area contributed by atoms with E-state index in [0.29, 0.717) is 0 Å². The zero-order valence-corrected chi connectivity index (χ0v) is 16.4. The molecule has 0 amide bonds. The predicted molar refractivity (Wildman–Crippen MR) is 99.1 cm³/mol. The molecule has 1 saturated heterocycles. The molecule has 1 fully saturated rings. The third-order valence-corrected chi connectivity index (χ3v) is 4.90. The van der Waals surface area contributed by atoms with E-state index in [2.05, 4.69) is 54.7 Å². The van der Waals surface area contributed by atoms with Crippen molar-refractivity contribution < 1.29 is 4.74 Å². The molecule has 0 aromatic carbocycles. The summed E-state index contributed by atoms with van der Waals surface area (Å²) in [6.07, 6.45) is 1.43. The van der Waals surface area contributed by atoms with Crippen LogP contribution in [-0.2, 0) is 4.74 Å². The van der Waals surface area contributed by atoms with Crippen LogP contribution in [0.15, 0.2) is 4.99 Å². The molecule has 0 aliphatic carbocycles. The molecule has 136 valence electrons. The number of hydrogen-bond donors (Lipinski definition) is 1. The molecular formula is C18H38N4O. The molecule has 2 atom stereocenters. The van der Waals surface area contributed by atoms with Crippen LogP contribution in [0.3, 0.4) is 0 Å². The maximum atomic E-state index is 5.63. The highest BCUT2D eigenvalue weighted by Crippen LogP contribution is 2.21. The highest BCUT2D eigenvalue weighted by molar-refractivity contribution is 5.80. The SMILES string of the molecule is CCN(CC)CC1CCN(C(=NC)NCC(OC)C(C)(C)C)C1. The molecule has 1 rings (SSSR count). The van der Waals surface area contributed by atoms with E-state index in [-0.39, 0.29) is 11.5 Å². The largest absolute Gasteiger partial charge is 0.379 e. The number of ether oxygens (including phenoxy) is 1. The molecule has 1 aliphatic heterocycles. The molecule has 0 spiro atoms. The maximum absolute atomic E-state index is 5.63. The minimum atomic E-state index is 0.122. The normalized spacial score (nSPS) is 21.1. The Kier molecular flexibility index (Phi) is 8.34. The number of methoxy groups -OCH3 is 1. The summed E-state index contributed by atoms with van der Waals surface area (Å²) in [7, 11) is 3.66. The Morgan fingerprint density at radius 1 is 1.35 bits per heavy atom. The Morgan fingerprint density at radius 2 is 2.00 bits per heavy atom. The van der Waals surface area contributed by atoms with E-state index in [9.17, 15) is 0 Å². The minimum absolute atomic E-state index is 0.122. The fourth-order valence-corrected chi connectivity index (χ4v) is 3.28. The quantitative estimate of drug-likeness (QED) is 0.576. The van der Waals surface area contributed by atoms with Gasteiger partial charge in [-0.1, -0.05) is 34.6 Å². The molecule has 1 heterocycles. The van der Waals surface area contributed by atoms with E-state index in [1.165, 1.54) is 13.0 Å². The van der Waals surface area contributed by atoms with Gasteiger partial charge < -0.3 is 19.9 Å². The summed E-state index contributed by atoms with van der Waals surface area (Å²) in [4.78, 5) is 9.39. The zero-order valence-electron chi connectivity index (χ0n) is 16.4. The monoisotopic (exact) mass is 326 g/mol. The molecule has 0 aromatic heterocycles. The maximum Gasteiger partial charge on any atom is 0.193 e. The lowest BCUT2D eigenvalue weighted by Crippen LogP contribution is -2.46. The second-order valence-electron chi connectivity index (χ2n) is 7.61. The van der Waals surface area contributed by atoms with E-state index >= 15 is 0 Å². The van der Waals surface area contributed by atoms with Gasteiger partial charge in [-0.25, -0.2) is 0 Å². The number of hydrogen-bond acceptors (Lipinski definition) is 3. The van der Waals surface area contributed by atoms with Crippen LogP contribution in [0.4, 0.5) is 0 Å². The number of nitrogens with zero attached hydrogens (tertiary/aromatic N) is 3. The molecular weight excluding hydrogens is 288 g/mol. The van der Waals surface area contributed by atoms with E-state index in [1.54, 1.807) is 7.11 Å². The van der Waals surface area contributed by atoms with E-state index in [1.807, 2.05) is 7.05 Å². The first-order chi connectivity index (χ1) is 10.8. The van der Waals surface area contributed by atoms with Crippen molar-refractivity contribution in [2.24, 2.45) is 16.3 Å². The molecule has 1 aliphatic rings. The van der Waals surface area contributed by atoms with Gasteiger partial charge in [0.15, 0.2) is 5.96 Å². The third kappa shape index (κ3) is 6.30. The molecule has 0 bridgehead atoms. The van der Waals surface area contributed by atoms with E-state index < -0.39 is 0 Å². The van der Waals surface area contributed by atoms with Crippen molar-refractivity contribution in [1.82, 2.24) is 15.1 Å². The number of guanidine groups is 1. The summed E-state index contributed by atoms with van der Waals surface area (Å²) >= 11 is 0.